The summed E-state index contributed by atoms with van der Waals surface area (Å²) in [5, 5.41) is 0. The molecule has 0 unspecified atom stereocenters. The zero-order valence-electron chi connectivity index (χ0n) is 18.1. The van der Waals surface area contributed by atoms with Gasteiger partial charge in [0.2, 0.25) is 0 Å². The van der Waals surface area contributed by atoms with E-state index in [-0.39, 0.29) is 5.91 Å². The minimum atomic E-state index is 0.133. The molecule has 0 radical (unpaired) electrons. The number of aryl methyl sites for hydroxylation is 2. The first kappa shape index (κ1) is 21.3. The minimum absolute atomic E-state index is 0.133. The maximum atomic E-state index is 12.7. The lowest BCUT2D eigenvalue weighted by atomic mass is 9.98. The number of piperazine rings is 1. The highest BCUT2D eigenvalue weighted by atomic mass is 16.2. The van der Waals surface area contributed by atoms with E-state index in [1.54, 1.807) is 0 Å². The second-order valence-electron chi connectivity index (χ2n) is 8.20. The van der Waals surface area contributed by atoms with Gasteiger partial charge in [0.25, 0.3) is 5.91 Å². The fourth-order valence-corrected chi connectivity index (χ4v) is 3.83. The number of unbranched alkanes of at least 4 members (excludes halogenated alkanes) is 2. The van der Waals surface area contributed by atoms with Crippen molar-refractivity contribution in [2.45, 2.75) is 46.0 Å². The Balaban J connectivity index is 1.67. The summed E-state index contributed by atoms with van der Waals surface area (Å²) in [5.74, 6) is 0.795. The molecule has 5 nitrogen and oxygen atoms in total. The molecule has 0 saturated carbocycles. The van der Waals surface area contributed by atoms with E-state index >= 15 is 0 Å². The predicted molar refractivity (Wildman–Crippen MR) is 119 cm³/mol. The molecule has 5 heteroatoms. The van der Waals surface area contributed by atoms with Crippen molar-refractivity contribution >= 4 is 11.7 Å². The predicted octanol–water partition coefficient (Wildman–Crippen LogP) is 3.68. The van der Waals surface area contributed by atoms with Gasteiger partial charge >= 0.3 is 0 Å². The third-order valence-electron chi connectivity index (χ3n) is 5.87. The van der Waals surface area contributed by atoms with E-state index in [2.05, 4.69) is 42.1 Å². The van der Waals surface area contributed by atoms with E-state index in [4.69, 9.17) is 5.73 Å². The number of anilines is 1. The first-order chi connectivity index (χ1) is 14.0. The molecule has 1 aromatic carbocycles. The lowest BCUT2D eigenvalue weighted by molar-refractivity contribution is 0.0664. The molecule has 3 rings (SSSR count). The smallest absolute Gasteiger partial charge is 0.253 e. The third kappa shape index (κ3) is 5.57. The van der Waals surface area contributed by atoms with E-state index in [0.29, 0.717) is 5.82 Å². The maximum absolute atomic E-state index is 12.7. The second-order valence-corrected chi connectivity index (χ2v) is 8.20. The van der Waals surface area contributed by atoms with Crippen molar-refractivity contribution in [1.82, 2.24) is 14.8 Å². The summed E-state index contributed by atoms with van der Waals surface area (Å²) in [6.07, 6.45) is 5.35. The van der Waals surface area contributed by atoms with Crippen LogP contribution in [0, 0.1) is 6.92 Å². The lowest BCUT2D eigenvalue weighted by Gasteiger charge is -2.32. The number of carbonyl (C=O) groups excluding carboxylic acids is 1. The summed E-state index contributed by atoms with van der Waals surface area (Å²) in [5.41, 5.74) is 11.5. The monoisotopic (exact) mass is 394 g/mol. The minimum Gasteiger partial charge on any atom is -0.383 e. The van der Waals surface area contributed by atoms with Gasteiger partial charge in [-0.15, -0.1) is 0 Å². The molecule has 1 amide bonds. The standard InChI is InChI=1S/C24H34N4O/c1-4-5-6-7-21-17-22(18(2)26-23(21)25)16-19-8-10-20(11-9-19)24(29)28-14-12-27(3)13-15-28/h8-11,17H,4-7,12-16H2,1-3H3,(H2,25,26). The van der Waals surface area contributed by atoms with Crippen LogP contribution >= 0.6 is 0 Å². The number of rotatable bonds is 7. The van der Waals surface area contributed by atoms with Crippen LogP contribution < -0.4 is 5.73 Å². The van der Waals surface area contributed by atoms with Crippen LogP contribution in [0.1, 0.15) is 58.9 Å². The Bertz CT molecular complexity index is 824. The van der Waals surface area contributed by atoms with Gasteiger partial charge in [-0.25, -0.2) is 4.98 Å². The summed E-state index contributed by atoms with van der Waals surface area (Å²) < 4.78 is 0. The lowest BCUT2D eigenvalue weighted by Crippen LogP contribution is -2.47. The Morgan fingerprint density at radius 2 is 1.76 bits per heavy atom. The molecule has 2 heterocycles. The van der Waals surface area contributed by atoms with Gasteiger partial charge in [0.1, 0.15) is 5.82 Å². The van der Waals surface area contributed by atoms with E-state index in [1.807, 2.05) is 24.0 Å². The van der Waals surface area contributed by atoms with Crippen LogP contribution in [-0.4, -0.2) is 53.9 Å². The van der Waals surface area contributed by atoms with Gasteiger partial charge in [-0.3, -0.25) is 4.79 Å². The zero-order valence-corrected chi connectivity index (χ0v) is 18.1. The Hall–Kier alpha value is -2.40. The Morgan fingerprint density at radius 3 is 2.41 bits per heavy atom. The average Bonchev–Trinajstić information content (AvgIpc) is 2.72. The number of likely N-dealkylation sites (N-methyl/N-ethyl adjacent to an activating group) is 1. The fourth-order valence-electron chi connectivity index (χ4n) is 3.83. The van der Waals surface area contributed by atoms with Crippen LogP contribution in [0.3, 0.4) is 0 Å². The van der Waals surface area contributed by atoms with Crippen molar-refractivity contribution in [3.63, 3.8) is 0 Å². The molecule has 2 aromatic rings. The number of aromatic nitrogens is 1. The summed E-state index contributed by atoms with van der Waals surface area (Å²) in [6, 6.07) is 10.3. The maximum Gasteiger partial charge on any atom is 0.253 e. The molecule has 1 aliphatic heterocycles. The summed E-state index contributed by atoms with van der Waals surface area (Å²) in [7, 11) is 2.10. The average molecular weight is 395 g/mol. The first-order valence-corrected chi connectivity index (χ1v) is 10.8. The number of amides is 1. The first-order valence-electron chi connectivity index (χ1n) is 10.8. The molecule has 0 atom stereocenters. The molecule has 0 aliphatic carbocycles. The van der Waals surface area contributed by atoms with Crippen LogP contribution in [0.4, 0.5) is 5.82 Å². The van der Waals surface area contributed by atoms with Gasteiger partial charge in [-0.1, -0.05) is 38.0 Å². The Kier molecular flexibility index (Phi) is 7.26. The van der Waals surface area contributed by atoms with Crippen LogP contribution in [0.15, 0.2) is 30.3 Å². The quantitative estimate of drug-likeness (QED) is 0.728. The third-order valence-corrected chi connectivity index (χ3v) is 5.87. The van der Waals surface area contributed by atoms with Crippen molar-refractivity contribution in [2.24, 2.45) is 0 Å². The summed E-state index contributed by atoms with van der Waals surface area (Å²) in [4.78, 5) is 21.5. The zero-order chi connectivity index (χ0) is 20.8. The van der Waals surface area contributed by atoms with E-state index in [9.17, 15) is 4.79 Å². The molecule has 1 fully saturated rings. The van der Waals surface area contributed by atoms with Crippen molar-refractivity contribution < 1.29 is 4.79 Å². The Morgan fingerprint density at radius 1 is 1.07 bits per heavy atom. The SMILES string of the molecule is CCCCCc1cc(Cc2ccc(C(=O)N3CCN(C)CC3)cc2)c(C)nc1N. The summed E-state index contributed by atoms with van der Waals surface area (Å²) in [6.45, 7) is 7.71. The molecule has 1 saturated heterocycles. The molecule has 2 N–H and O–H groups in total. The molecule has 1 aliphatic rings. The van der Waals surface area contributed by atoms with Crippen molar-refractivity contribution in [1.29, 1.82) is 0 Å². The molecule has 0 spiro atoms. The van der Waals surface area contributed by atoms with Crippen molar-refractivity contribution in [2.75, 3.05) is 39.0 Å². The van der Waals surface area contributed by atoms with E-state index in [0.717, 1.165) is 62.3 Å². The normalized spacial score (nSPS) is 14.9. The topological polar surface area (TPSA) is 62.5 Å². The van der Waals surface area contributed by atoms with Gasteiger partial charge < -0.3 is 15.5 Å². The second kappa shape index (κ2) is 9.88. The van der Waals surface area contributed by atoms with Gasteiger partial charge in [0.15, 0.2) is 0 Å². The highest BCUT2D eigenvalue weighted by Crippen LogP contribution is 2.21. The van der Waals surface area contributed by atoms with Crippen molar-refractivity contribution in [3.8, 4) is 0 Å². The van der Waals surface area contributed by atoms with Gasteiger partial charge in [-0.05, 0) is 62.1 Å². The molecule has 1 aromatic heterocycles. The number of hydrogen-bond donors (Lipinski definition) is 1. The van der Waals surface area contributed by atoms with Crippen LogP contribution in [0.2, 0.25) is 0 Å². The number of pyridine rings is 1. The molecule has 156 valence electrons. The highest BCUT2D eigenvalue weighted by Gasteiger charge is 2.20. The largest absolute Gasteiger partial charge is 0.383 e. The van der Waals surface area contributed by atoms with Gasteiger partial charge in [0, 0.05) is 37.4 Å². The fraction of sp³-hybridized carbons (Fsp3) is 0.500. The van der Waals surface area contributed by atoms with Crippen molar-refractivity contribution in [3.05, 3.63) is 58.3 Å². The van der Waals surface area contributed by atoms with Crippen LogP contribution in [0.5, 0.6) is 0 Å². The highest BCUT2D eigenvalue weighted by molar-refractivity contribution is 5.94. The van der Waals surface area contributed by atoms with E-state index < -0.39 is 0 Å². The van der Waals surface area contributed by atoms with Gasteiger partial charge in [0.05, 0.1) is 0 Å². The van der Waals surface area contributed by atoms with Gasteiger partial charge in [-0.2, -0.15) is 0 Å². The number of nitrogens with two attached hydrogens (primary N) is 1. The Labute approximate surface area is 174 Å². The van der Waals surface area contributed by atoms with Crippen LogP contribution in [-0.2, 0) is 12.8 Å². The number of benzene rings is 1. The number of nitrogens with zero attached hydrogens (tertiary/aromatic N) is 3. The van der Waals surface area contributed by atoms with Crippen LogP contribution in [0.25, 0.3) is 0 Å². The molecular weight excluding hydrogens is 360 g/mol. The summed E-state index contributed by atoms with van der Waals surface area (Å²) >= 11 is 0. The number of carbonyl (C=O) groups is 1. The van der Waals surface area contributed by atoms with E-state index in [1.165, 1.54) is 24.0 Å². The molecule has 29 heavy (non-hydrogen) atoms. The molecule has 0 bridgehead atoms. The molecular formula is C24H34N4O. The number of hydrogen-bond acceptors (Lipinski definition) is 4. The number of nitrogen functional groups attached to an aromatic ring is 1.